The summed E-state index contributed by atoms with van der Waals surface area (Å²) < 4.78 is 0. The number of amides is 4. The zero-order chi connectivity index (χ0) is 27.4. The van der Waals surface area contributed by atoms with Crippen LogP contribution in [-0.4, -0.2) is 58.9 Å². The maximum absolute atomic E-state index is 13.1. The van der Waals surface area contributed by atoms with E-state index in [1.807, 2.05) is 44.2 Å². The Bertz CT molecular complexity index is 905. The molecule has 0 saturated carbocycles. The highest BCUT2D eigenvalue weighted by molar-refractivity contribution is 5.96. The first-order valence-electron chi connectivity index (χ1n) is 12.0. The molecule has 0 heterocycles. The molecule has 0 fully saturated rings. The minimum atomic E-state index is -1.41. The highest BCUT2D eigenvalue weighted by Gasteiger charge is 2.31. The van der Waals surface area contributed by atoms with Gasteiger partial charge in [-0.05, 0) is 36.7 Å². The van der Waals surface area contributed by atoms with Crippen LogP contribution >= 0.6 is 0 Å². The van der Waals surface area contributed by atoms with Crippen molar-refractivity contribution in [3.63, 3.8) is 0 Å². The highest BCUT2D eigenvalue weighted by Crippen LogP contribution is 2.09. The summed E-state index contributed by atoms with van der Waals surface area (Å²) in [5.74, 6) is -4.23. The van der Waals surface area contributed by atoms with Crippen LogP contribution in [0.4, 0.5) is 0 Å². The summed E-state index contributed by atoms with van der Waals surface area (Å²) in [4.78, 5) is 61.7. The van der Waals surface area contributed by atoms with Gasteiger partial charge in [0, 0.05) is 0 Å². The molecule has 0 saturated heterocycles. The quantitative estimate of drug-likeness (QED) is 0.194. The van der Waals surface area contributed by atoms with Crippen LogP contribution in [0.1, 0.15) is 52.5 Å². The van der Waals surface area contributed by atoms with E-state index in [9.17, 15) is 29.1 Å². The summed E-state index contributed by atoms with van der Waals surface area (Å²) in [5, 5.41) is 16.8. The van der Waals surface area contributed by atoms with Gasteiger partial charge >= 0.3 is 5.97 Å². The van der Waals surface area contributed by atoms with Gasteiger partial charge in [-0.15, -0.1) is 0 Å². The topological polar surface area (TPSA) is 194 Å². The van der Waals surface area contributed by atoms with Crippen LogP contribution in [0.15, 0.2) is 30.3 Å². The van der Waals surface area contributed by atoms with Crippen molar-refractivity contribution in [2.45, 2.75) is 77.5 Å². The van der Waals surface area contributed by atoms with E-state index >= 15 is 0 Å². The molecule has 0 bridgehead atoms. The SMILES string of the molecule is CC(C)CC(NC(=O)C(CC(N)=O)NC(=O)C(CC(C)C)NC(=O)C(N)Cc1ccccc1)C(=O)O. The molecule has 0 aromatic heterocycles. The monoisotopic (exact) mass is 505 g/mol. The van der Waals surface area contributed by atoms with E-state index in [-0.39, 0.29) is 31.1 Å². The van der Waals surface area contributed by atoms with E-state index in [0.717, 1.165) is 5.56 Å². The molecule has 4 atom stereocenters. The number of aliphatic carboxylic acids is 1. The van der Waals surface area contributed by atoms with Crippen LogP contribution in [0.5, 0.6) is 0 Å². The lowest BCUT2D eigenvalue weighted by Crippen LogP contribution is -2.58. The molecule has 36 heavy (non-hydrogen) atoms. The molecule has 1 aromatic rings. The predicted molar refractivity (Wildman–Crippen MR) is 134 cm³/mol. The van der Waals surface area contributed by atoms with Gasteiger partial charge in [-0.2, -0.15) is 0 Å². The van der Waals surface area contributed by atoms with Gasteiger partial charge in [-0.3, -0.25) is 19.2 Å². The van der Waals surface area contributed by atoms with Crippen molar-refractivity contribution in [2.24, 2.45) is 23.3 Å². The number of primary amides is 1. The first-order chi connectivity index (χ1) is 16.8. The second kappa shape index (κ2) is 14.8. The first kappa shape index (κ1) is 30.6. The number of carboxylic acid groups (broad SMARTS) is 1. The number of nitrogens with one attached hydrogen (secondary N) is 3. The second-order valence-electron chi connectivity index (χ2n) is 9.75. The van der Waals surface area contributed by atoms with E-state index in [1.165, 1.54) is 0 Å². The van der Waals surface area contributed by atoms with Crippen LogP contribution in [0.25, 0.3) is 0 Å². The molecule has 11 nitrogen and oxygen atoms in total. The summed E-state index contributed by atoms with van der Waals surface area (Å²) in [6, 6.07) is 4.62. The fourth-order valence-electron chi connectivity index (χ4n) is 3.59. The molecule has 0 spiro atoms. The third-order valence-electron chi connectivity index (χ3n) is 5.34. The van der Waals surface area contributed by atoms with Crippen molar-refractivity contribution >= 4 is 29.6 Å². The third kappa shape index (κ3) is 11.3. The maximum Gasteiger partial charge on any atom is 0.326 e. The van der Waals surface area contributed by atoms with Crippen LogP contribution in [-0.2, 0) is 30.4 Å². The Morgan fingerprint density at radius 2 is 1.25 bits per heavy atom. The number of carbonyl (C=O) groups is 5. The predicted octanol–water partition coefficient (Wildman–Crippen LogP) is 0.0630. The lowest BCUT2D eigenvalue weighted by atomic mass is 10.0. The molecule has 0 aliphatic carbocycles. The van der Waals surface area contributed by atoms with E-state index in [1.54, 1.807) is 13.8 Å². The van der Waals surface area contributed by atoms with Gasteiger partial charge in [0.1, 0.15) is 18.1 Å². The van der Waals surface area contributed by atoms with Crippen LogP contribution in [0, 0.1) is 11.8 Å². The average molecular weight is 506 g/mol. The Labute approximate surface area is 211 Å². The van der Waals surface area contributed by atoms with Gasteiger partial charge in [0.25, 0.3) is 0 Å². The lowest BCUT2D eigenvalue weighted by molar-refractivity contribution is -0.143. The van der Waals surface area contributed by atoms with Crippen LogP contribution < -0.4 is 27.4 Å². The number of rotatable bonds is 15. The van der Waals surface area contributed by atoms with Gasteiger partial charge in [0.15, 0.2) is 0 Å². The number of carboxylic acids is 1. The van der Waals surface area contributed by atoms with Gasteiger partial charge in [0.2, 0.25) is 23.6 Å². The fraction of sp³-hybridized carbons (Fsp3) is 0.560. The Morgan fingerprint density at radius 3 is 1.75 bits per heavy atom. The Morgan fingerprint density at radius 1 is 0.778 bits per heavy atom. The number of nitrogens with two attached hydrogens (primary N) is 2. The molecule has 11 heteroatoms. The zero-order valence-electron chi connectivity index (χ0n) is 21.3. The lowest BCUT2D eigenvalue weighted by Gasteiger charge is -2.26. The summed E-state index contributed by atoms with van der Waals surface area (Å²) in [6.07, 6.45) is 0.124. The highest BCUT2D eigenvalue weighted by atomic mass is 16.4. The normalized spacial score (nSPS) is 14.4. The molecular formula is C25H39N5O6. The van der Waals surface area contributed by atoms with E-state index < -0.39 is 60.2 Å². The molecular weight excluding hydrogens is 466 g/mol. The average Bonchev–Trinajstić information content (AvgIpc) is 2.77. The molecule has 200 valence electrons. The van der Waals surface area contributed by atoms with Crippen LogP contribution in [0.3, 0.4) is 0 Å². The maximum atomic E-state index is 13.1. The Balaban J connectivity index is 2.97. The van der Waals surface area contributed by atoms with E-state index in [2.05, 4.69) is 16.0 Å². The van der Waals surface area contributed by atoms with Crippen molar-refractivity contribution in [3.05, 3.63) is 35.9 Å². The molecule has 0 aliphatic heterocycles. The van der Waals surface area contributed by atoms with Crippen molar-refractivity contribution in [1.82, 2.24) is 16.0 Å². The molecule has 4 amide bonds. The van der Waals surface area contributed by atoms with Gasteiger partial charge in [0.05, 0.1) is 12.5 Å². The molecule has 8 N–H and O–H groups in total. The van der Waals surface area contributed by atoms with Gasteiger partial charge in [-0.1, -0.05) is 58.0 Å². The van der Waals surface area contributed by atoms with Crippen molar-refractivity contribution in [1.29, 1.82) is 0 Å². The Kier molecular flexibility index (Phi) is 12.6. The zero-order valence-corrected chi connectivity index (χ0v) is 21.3. The number of hydrogen-bond donors (Lipinski definition) is 6. The molecule has 1 aromatic carbocycles. The molecule has 0 aliphatic rings. The summed E-state index contributed by atoms with van der Waals surface area (Å²) >= 11 is 0. The van der Waals surface area contributed by atoms with Crippen molar-refractivity contribution < 1.29 is 29.1 Å². The Hall–Kier alpha value is -3.47. The fourth-order valence-corrected chi connectivity index (χ4v) is 3.59. The minimum absolute atomic E-state index is 0.00255. The summed E-state index contributed by atoms with van der Waals surface area (Å²) in [5.41, 5.74) is 12.2. The number of hydrogen-bond acceptors (Lipinski definition) is 6. The van der Waals surface area contributed by atoms with Crippen LogP contribution in [0.2, 0.25) is 0 Å². The van der Waals surface area contributed by atoms with E-state index in [4.69, 9.17) is 11.5 Å². The largest absolute Gasteiger partial charge is 0.480 e. The third-order valence-corrected chi connectivity index (χ3v) is 5.34. The van der Waals surface area contributed by atoms with Crippen molar-refractivity contribution in [3.8, 4) is 0 Å². The second-order valence-corrected chi connectivity index (χ2v) is 9.75. The number of benzene rings is 1. The van der Waals surface area contributed by atoms with Gasteiger partial charge in [-0.25, -0.2) is 4.79 Å². The van der Waals surface area contributed by atoms with Crippen molar-refractivity contribution in [2.75, 3.05) is 0 Å². The molecule has 1 rings (SSSR count). The minimum Gasteiger partial charge on any atom is -0.480 e. The summed E-state index contributed by atoms with van der Waals surface area (Å²) in [7, 11) is 0. The smallest absolute Gasteiger partial charge is 0.326 e. The van der Waals surface area contributed by atoms with Gasteiger partial charge < -0.3 is 32.5 Å². The first-order valence-corrected chi connectivity index (χ1v) is 12.0. The standard InChI is InChI=1S/C25H39N5O6/c1-14(2)10-18(28-22(32)17(26)12-16-8-6-5-7-9-16)23(33)29-19(13-21(27)31)24(34)30-20(25(35)36)11-15(3)4/h5-9,14-15,17-20H,10-13,26H2,1-4H3,(H2,27,31)(H,28,32)(H,29,33)(H,30,34)(H,35,36). The molecule has 0 radical (unpaired) electrons. The van der Waals surface area contributed by atoms with E-state index in [0.29, 0.717) is 0 Å². The molecule has 4 unspecified atom stereocenters. The number of carbonyl (C=O) groups excluding carboxylic acids is 4. The summed E-state index contributed by atoms with van der Waals surface area (Å²) in [6.45, 7) is 7.31.